The van der Waals surface area contributed by atoms with Gasteiger partial charge in [-0.25, -0.2) is 0 Å². The van der Waals surface area contributed by atoms with Crippen LogP contribution in [-0.4, -0.2) is 18.5 Å². The topological polar surface area (TPSA) is 41.1 Å². The van der Waals surface area contributed by atoms with Crippen molar-refractivity contribution in [2.24, 2.45) is 5.92 Å². The van der Waals surface area contributed by atoms with Crippen LogP contribution >= 0.6 is 0 Å². The molecule has 0 aliphatic heterocycles. The van der Waals surface area contributed by atoms with Crippen LogP contribution < -0.4 is 10.6 Å². The van der Waals surface area contributed by atoms with Crippen LogP contribution in [0.15, 0.2) is 24.3 Å². The van der Waals surface area contributed by atoms with Gasteiger partial charge in [-0.1, -0.05) is 32.3 Å². The lowest BCUT2D eigenvalue weighted by molar-refractivity contribution is 0.0956. The van der Waals surface area contributed by atoms with Gasteiger partial charge in [0.1, 0.15) is 0 Å². The fraction of sp³-hybridized carbons (Fsp3) is 0.588. The molecule has 0 aromatic heterocycles. The maximum absolute atomic E-state index is 11.8. The Bertz CT molecular complexity index is 444. The third kappa shape index (κ3) is 3.99. The molecule has 1 aromatic carbocycles. The first-order valence-electron chi connectivity index (χ1n) is 7.87. The Labute approximate surface area is 122 Å². The molecule has 0 bridgehead atoms. The lowest BCUT2D eigenvalue weighted by atomic mass is 9.84. The Hall–Kier alpha value is -1.51. The summed E-state index contributed by atoms with van der Waals surface area (Å²) in [7, 11) is 0. The van der Waals surface area contributed by atoms with E-state index in [1.165, 1.54) is 32.1 Å². The molecular weight excluding hydrogens is 248 g/mol. The first-order chi connectivity index (χ1) is 9.72. The van der Waals surface area contributed by atoms with Gasteiger partial charge >= 0.3 is 0 Å². The van der Waals surface area contributed by atoms with E-state index < -0.39 is 0 Å². The molecule has 2 N–H and O–H groups in total. The standard InChI is InChI=1S/C17H26N2O/c1-3-13-7-5-9-15(11-13)19-16-10-6-8-14(12-16)17(20)18-4-2/h6,8,10,12-13,15,19H,3-5,7,9,11H2,1-2H3,(H,18,20). The molecule has 1 fully saturated rings. The average molecular weight is 274 g/mol. The Morgan fingerprint density at radius 1 is 1.30 bits per heavy atom. The number of hydrogen-bond donors (Lipinski definition) is 2. The van der Waals surface area contributed by atoms with Crippen LogP contribution in [0.3, 0.4) is 0 Å². The van der Waals surface area contributed by atoms with Crippen molar-refractivity contribution < 1.29 is 4.79 Å². The zero-order valence-corrected chi connectivity index (χ0v) is 12.6. The molecule has 2 atom stereocenters. The second-order valence-corrected chi connectivity index (χ2v) is 5.72. The van der Waals surface area contributed by atoms with Crippen LogP contribution in [-0.2, 0) is 0 Å². The third-order valence-corrected chi connectivity index (χ3v) is 4.19. The van der Waals surface area contributed by atoms with Crippen LogP contribution in [0.5, 0.6) is 0 Å². The molecule has 2 rings (SSSR count). The molecule has 1 aliphatic carbocycles. The summed E-state index contributed by atoms with van der Waals surface area (Å²) in [6.07, 6.45) is 6.45. The monoisotopic (exact) mass is 274 g/mol. The summed E-state index contributed by atoms with van der Waals surface area (Å²) < 4.78 is 0. The molecule has 1 saturated carbocycles. The van der Waals surface area contributed by atoms with Crippen molar-refractivity contribution in [1.82, 2.24) is 5.32 Å². The maximum Gasteiger partial charge on any atom is 0.251 e. The summed E-state index contributed by atoms with van der Waals surface area (Å²) in [5.74, 6) is 0.860. The predicted molar refractivity (Wildman–Crippen MR) is 84.1 cm³/mol. The number of rotatable bonds is 5. The van der Waals surface area contributed by atoms with Gasteiger partial charge < -0.3 is 10.6 Å². The molecule has 0 heterocycles. The number of amides is 1. The number of carbonyl (C=O) groups is 1. The fourth-order valence-corrected chi connectivity index (χ4v) is 3.04. The molecule has 0 spiro atoms. The molecule has 0 radical (unpaired) electrons. The first-order valence-corrected chi connectivity index (χ1v) is 7.87. The second-order valence-electron chi connectivity index (χ2n) is 5.72. The second kappa shape index (κ2) is 7.32. The summed E-state index contributed by atoms with van der Waals surface area (Å²) >= 11 is 0. The molecule has 1 aromatic rings. The smallest absolute Gasteiger partial charge is 0.251 e. The van der Waals surface area contributed by atoms with Gasteiger partial charge in [0, 0.05) is 23.8 Å². The molecule has 0 saturated heterocycles. The molecule has 20 heavy (non-hydrogen) atoms. The molecule has 3 nitrogen and oxygen atoms in total. The largest absolute Gasteiger partial charge is 0.382 e. The van der Waals surface area contributed by atoms with Crippen molar-refractivity contribution in [2.75, 3.05) is 11.9 Å². The molecule has 3 heteroatoms. The van der Waals surface area contributed by atoms with Gasteiger partial charge in [-0.2, -0.15) is 0 Å². The van der Waals surface area contributed by atoms with Gasteiger partial charge in [-0.3, -0.25) is 4.79 Å². The van der Waals surface area contributed by atoms with Gasteiger partial charge in [-0.15, -0.1) is 0 Å². The van der Waals surface area contributed by atoms with E-state index in [2.05, 4.69) is 23.6 Å². The normalized spacial score (nSPS) is 22.3. The van der Waals surface area contributed by atoms with Crippen molar-refractivity contribution in [3.63, 3.8) is 0 Å². The fourth-order valence-electron chi connectivity index (χ4n) is 3.04. The van der Waals surface area contributed by atoms with Crippen molar-refractivity contribution in [3.05, 3.63) is 29.8 Å². The summed E-state index contributed by atoms with van der Waals surface area (Å²) in [6.45, 7) is 4.88. The van der Waals surface area contributed by atoms with Crippen LogP contribution in [0, 0.1) is 5.92 Å². The van der Waals surface area contributed by atoms with Gasteiger partial charge in [0.15, 0.2) is 0 Å². The highest BCUT2D eigenvalue weighted by molar-refractivity contribution is 5.95. The number of anilines is 1. The van der Waals surface area contributed by atoms with Crippen LogP contribution in [0.2, 0.25) is 0 Å². The van der Waals surface area contributed by atoms with Gasteiger partial charge in [0.05, 0.1) is 0 Å². The van der Waals surface area contributed by atoms with E-state index in [9.17, 15) is 4.79 Å². The number of benzene rings is 1. The summed E-state index contributed by atoms with van der Waals surface area (Å²) in [5, 5.41) is 6.44. The average Bonchev–Trinajstić information content (AvgIpc) is 2.48. The highest BCUT2D eigenvalue weighted by Gasteiger charge is 2.20. The van der Waals surface area contributed by atoms with Crippen molar-refractivity contribution in [1.29, 1.82) is 0 Å². The maximum atomic E-state index is 11.8. The van der Waals surface area contributed by atoms with Gasteiger partial charge in [0.2, 0.25) is 0 Å². The Balaban J connectivity index is 1.98. The number of nitrogens with one attached hydrogen (secondary N) is 2. The molecule has 1 aliphatic rings. The Kier molecular flexibility index (Phi) is 5.45. The Morgan fingerprint density at radius 2 is 2.15 bits per heavy atom. The van der Waals surface area contributed by atoms with E-state index in [0.29, 0.717) is 12.6 Å². The SMILES string of the molecule is CCNC(=O)c1cccc(NC2CCCC(CC)C2)c1. The lowest BCUT2D eigenvalue weighted by Gasteiger charge is -2.30. The zero-order valence-electron chi connectivity index (χ0n) is 12.6. The van der Waals surface area contributed by atoms with Crippen LogP contribution in [0.1, 0.15) is 56.3 Å². The predicted octanol–water partition coefficient (Wildman–Crippen LogP) is 3.82. The summed E-state index contributed by atoms with van der Waals surface area (Å²) in [6, 6.07) is 8.38. The van der Waals surface area contributed by atoms with Crippen molar-refractivity contribution in [2.45, 2.75) is 52.0 Å². The summed E-state index contributed by atoms with van der Waals surface area (Å²) in [4.78, 5) is 11.8. The molecule has 110 valence electrons. The van der Waals surface area contributed by atoms with E-state index in [1.54, 1.807) is 0 Å². The van der Waals surface area contributed by atoms with E-state index in [4.69, 9.17) is 0 Å². The summed E-state index contributed by atoms with van der Waals surface area (Å²) in [5.41, 5.74) is 1.80. The Morgan fingerprint density at radius 3 is 2.90 bits per heavy atom. The zero-order chi connectivity index (χ0) is 14.4. The van der Waals surface area contributed by atoms with E-state index in [0.717, 1.165) is 17.2 Å². The van der Waals surface area contributed by atoms with E-state index in [1.807, 2.05) is 25.1 Å². The van der Waals surface area contributed by atoms with Gasteiger partial charge in [-0.05, 0) is 43.9 Å². The lowest BCUT2D eigenvalue weighted by Crippen LogP contribution is -2.27. The van der Waals surface area contributed by atoms with Crippen molar-refractivity contribution >= 4 is 11.6 Å². The van der Waals surface area contributed by atoms with E-state index in [-0.39, 0.29) is 5.91 Å². The number of carbonyl (C=O) groups excluding carboxylic acids is 1. The first kappa shape index (κ1) is 14.9. The van der Waals surface area contributed by atoms with Crippen LogP contribution in [0.25, 0.3) is 0 Å². The minimum absolute atomic E-state index is 0.00577. The van der Waals surface area contributed by atoms with E-state index >= 15 is 0 Å². The molecule has 2 unspecified atom stereocenters. The molecular formula is C17H26N2O. The quantitative estimate of drug-likeness (QED) is 0.857. The minimum Gasteiger partial charge on any atom is -0.382 e. The van der Waals surface area contributed by atoms with Gasteiger partial charge in [0.25, 0.3) is 5.91 Å². The number of hydrogen-bond acceptors (Lipinski definition) is 2. The van der Waals surface area contributed by atoms with Crippen molar-refractivity contribution in [3.8, 4) is 0 Å². The van der Waals surface area contributed by atoms with Crippen LogP contribution in [0.4, 0.5) is 5.69 Å². The highest BCUT2D eigenvalue weighted by Crippen LogP contribution is 2.28. The third-order valence-electron chi connectivity index (χ3n) is 4.19. The molecule has 1 amide bonds. The minimum atomic E-state index is 0.00577. The highest BCUT2D eigenvalue weighted by atomic mass is 16.1.